The summed E-state index contributed by atoms with van der Waals surface area (Å²) in [6.45, 7) is 3.86. The summed E-state index contributed by atoms with van der Waals surface area (Å²) in [5, 5.41) is 0. The summed E-state index contributed by atoms with van der Waals surface area (Å²) in [6.07, 6.45) is 5.38. The highest BCUT2D eigenvalue weighted by Gasteiger charge is 2.45. The second-order valence-corrected chi connectivity index (χ2v) is 5.88. The maximum Gasteiger partial charge on any atom is 0.139 e. The van der Waals surface area contributed by atoms with Crippen LogP contribution in [0.4, 0.5) is 4.39 Å². The van der Waals surface area contributed by atoms with Crippen molar-refractivity contribution in [3.05, 3.63) is 0 Å². The number of hydrogen-bond donors (Lipinski definition) is 0. The molecule has 0 saturated heterocycles. The first kappa shape index (κ1) is 11.1. The molecule has 2 saturated carbocycles. The van der Waals surface area contributed by atoms with Gasteiger partial charge in [-0.2, -0.15) is 0 Å². The quantitative estimate of drug-likeness (QED) is 0.684. The van der Waals surface area contributed by atoms with Crippen LogP contribution in [0.5, 0.6) is 0 Å². The zero-order valence-corrected chi connectivity index (χ0v) is 9.76. The minimum Gasteiger partial charge on any atom is -0.299 e. The summed E-state index contributed by atoms with van der Waals surface area (Å²) < 4.78 is 13.3. The second kappa shape index (κ2) is 3.88. The average Bonchev–Trinajstić information content (AvgIpc) is 2.14. The number of carbonyl (C=O) groups is 1. The summed E-state index contributed by atoms with van der Waals surface area (Å²) in [4.78, 5) is 12.0. The van der Waals surface area contributed by atoms with E-state index >= 15 is 0 Å². The largest absolute Gasteiger partial charge is 0.299 e. The van der Waals surface area contributed by atoms with Crippen molar-refractivity contribution in [3.63, 3.8) is 0 Å². The van der Waals surface area contributed by atoms with Crippen molar-refractivity contribution in [2.75, 3.05) is 0 Å². The van der Waals surface area contributed by atoms with Crippen LogP contribution in [0.1, 0.15) is 52.4 Å². The van der Waals surface area contributed by atoms with Crippen LogP contribution in [0.3, 0.4) is 0 Å². The van der Waals surface area contributed by atoms with E-state index in [1.807, 2.05) is 0 Å². The number of rotatable bonds is 2. The SMILES string of the molecule is CC1CCC(C(=O)C2CC(C)(F)C2)CC1. The Morgan fingerprint density at radius 1 is 1.13 bits per heavy atom. The third-order valence-corrected chi connectivity index (χ3v) is 4.16. The molecule has 15 heavy (non-hydrogen) atoms. The first-order valence-corrected chi connectivity index (χ1v) is 6.20. The molecule has 0 unspecified atom stereocenters. The van der Waals surface area contributed by atoms with Gasteiger partial charge in [-0.1, -0.05) is 19.8 Å². The Balaban J connectivity index is 1.82. The van der Waals surface area contributed by atoms with Crippen molar-refractivity contribution in [2.24, 2.45) is 17.8 Å². The van der Waals surface area contributed by atoms with Gasteiger partial charge in [0.1, 0.15) is 11.5 Å². The predicted molar refractivity (Wildman–Crippen MR) is 58.4 cm³/mol. The van der Waals surface area contributed by atoms with Gasteiger partial charge < -0.3 is 0 Å². The molecule has 2 aliphatic rings. The van der Waals surface area contributed by atoms with Gasteiger partial charge in [0.25, 0.3) is 0 Å². The Morgan fingerprint density at radius 2 is 1.67 bits per heavy atom. The summed E-state index contributed by atoms with van der Waals surface area (Å²) in [6, 6.07) is 0. The molecule has 0 bridgehead atoms. The zero-order chi connectivity index (χ0) is 11.1. The van der Waals surface area contributed by atoms with Gasteiger partial charge >= 0.3 is 0 Å². The average molecular weight is 212 g/mol. The number of ketones is 1. The van der Waals surface area contributed by atoms with E-state index in [2.05, 4.69) is 6.92 Å². The molecule has 1 nitrogen and oxygen atoms in total. The number of halogens is 1. The molecule has 0 N–H and O–H groups in total. The molecule has 0 amide bonds. The minimum absolute atomic E-state index is 0.0402. The normalized spacial score (nSPS) is 45.9. The second-order valence-electron chi connectivity index (χ2n) is 5.88. The number of carbonyl (C=O) groups excluding carboxylic acids is 1. The third-order valence-electron chi connectivity index (χ3n) is 4.16. The molecule has 2 heteroatoms. The van der Waals surface area contributed by atoms with Gasteiger partial charge in [-0.25, -0.2) is 4.39 Å². The van der Waals surface area contributed by atoms with Gasteiger partial charge in [-0.05, 0) is 38.5 Å². The fourth-order valence-corrected chi connectivity index (χ4v) is 3.05. The summed E-state index contributed by atoms with van der Waals surface area (Å²) in [5.74, 6) is 1.43. The molecule has 2 rings (SSSR count). The lowest BCUT2D eigenvalue weighted by molar-refractivity contribution is -0.136. The highest BCUT2D eigenvalue weighted by Crippen LogP contribution is 2.44. The maximum absolute atomic E-state index is 13.3. The van der Waals surface area contributed by atoms with Crippen molar-refractivity contribution < 1.29 is 9.18 Å². The van der Waals surface area contributed by atoms with E-state index in [1.54, 1.807) is 6.92 Å². The van der Waals surface area contributed by atoms with Crippen molar-refractivity contribution in [1.82, 2.24) is 0 Å². The van der Waals surface area contributed by atoms with Crippen molar-refractivity contribution in [2.45, 2.75) is 58.0 Å². The van der Waals surface area contributed by atoms with E-state index in [1.165, 1.54) is 12.8 Å². The Bertz CT molecular complexity index is 243. The first-order valence-electron chi connectivity index (χ1n) is 6.20. The molecule has 0 aliphatic heterocycles. The van der Waals surface area contributed by atoms with E-state index in [0.29, 0.717) is 18.6 Å². The Kier molecular flexibility index (Phi) is 2.87. The van der Waals surface area contributed by atoms with E-state index in [0.717, 1.165) is 18.8 Å². The van der Waals surface area contributed by atoms with Crippen LogP contribution in [-0.4, -0.2) is 11.5 Å². The number of Topliss-reactive ketones (excluding diaryl/α,β-unsaturated/α-hetero) is 1. The van der Waals surface area contributed by atoms with E-state index < -0.39 is 5.67 Å². The predicted octanol–water partition coefficient (Wildman–Crippen LogP) is 3.52. The molecule has 0 aromatic rings. The lowest BCUT2D eigenvalue weighted by atomic mass is 9.66. The smallest absolute Gasteiger partial charge is 0.139 e. The highest BCUT2D eigenvalue weighted by atomic mass is 19.1. The monoisotopic (exact) mass is 212 g/mol. The fraction of sp³-hybridized carbons (Fsp3) is 0.923. The lowest BCUT2D eigenvalue weighted by Gasteiger charge is -2.40. The zero-order valence-electron chi connectivity index (χ0n) is 9.76. The van der Waals surface area contributed by atoms with Crippen LogP contribution in [0.25, 0.3) is 0 Å². The number of hydrogen-bond acceptors (Lipinski definition) is 1. The van der Waals surface area contributed by atoms with Gasteiger partial charge in [0.05, 0.1) is 0 Å². The van der Waals surface area contributed by atoms with Gasteiger partial charge in [-0.15, -0.1) is 0 Å². The Hall–Kier alpha value is -0.400. The molecule has 0 atom stereocenters. The lowest BCUT2D eigenvalue weighted by Crippen LogP contribution is -2.43. The van der Waals surface area contributed by atoms with Crippen LogP contribution < -0.4 is 0 Å². The minimum atomic E-state index is -1.05. The molecular weight excluding hydrogens is 191 g/mol. The van der Waals surface area contributed by atoms with E-state index in [-0.39, 0.29) is 11.8 Å². The molecule has 0 spiro atoms. The summed E-state index contributed by atoms with van der Waals surface area (Å²) in [7, 11) is 0. The topological polar surface area (TPSA) is 17.1 Å². The molecule has 2 aliphatic carbocycles. The molecular formula is C13H21FO. The first-order chi connectivity index (χ1) is 6.98. The van der Waals surface area contributed by atoms with Crippen LogP contribution >= 0.6 is 0 Å². The highest BCUT2D eigenvalue weighted by molar-refractivity contribution is 5.84. The van der Waals surface area contributed by atoms with Gasteiger partial charge in [0.15, 0.2) is 0 Å². The Morgan fingerprint density at radius 3 is 2.13 bits per heavy atom. The molecule has 0 aromatic heterocycles. The van der Waals surface area contributed by atoms with Crippen molar-refractivity contribution in [1.29, 1.82) is 0 Å². The molecule has 2 fully saturated rings. The van der Waals surface area contributed by atoms with Gasteiger partial charge in [0.2, 0.25) is 0 Å². The maximum atomic E-state index is 13.3. The van der Waals surface area contributed by atoms with Gasteiger partial charge in [-0.3, -0.25) is 4.79 Å². The summed E-state index contributed by atoms with van der Waals surface area (Å²) >= 11 is 0. The Labute approximate surface area is 91.4 Å². The van der Waals surface area contributed by atoms with Crippen LogP contribution in [0.2, 0.25) is 0 Å². The molecule has 0 heterocycles. The molecule has 0 radical (unpaired) electrons. The van der Waals surface area contributed by atoms with Crippen LogP contribution in [0, 0.1) is 17.8 Å². The van der Waals surface area contributed by atoms with Gasteiger partial charge in [0, 0.05) is 11.8 Å². The summed E-state index contributed by atoms with van der Waals surface area (Å²) in [5.41, 5.74) is -1.05. The van der Waals surface area contributed by atoms with Crippen molar-refractivity contribution in [3.8, 4) is 0 Å². The molecule has 86 valence electrons. The van der Waals surface area contributed by atoms with E-state index in [9.17, 15) is 9.18 Å². The third kappa shape index (κ3) is 2.40. The fourth-order valence-electron chi connectivity index (χ4n) is 3.05. The molecule has 0 aromatic carbocycles. The number of alkyl halides is 1. The van der Waals surface area contributed by atoms with Crippen molar-refractivity contribution >= 4 is 5.78 Å². The van der Waals surface area contributed by atoms with Crippen LogP contribution in [-0.2, 0) is 4.79 Å². The standard InChI is InChI=1S/C13H21FO/c1-9-3-5-10(6-4-9)12(15)11-7-13(2,14)8-11/h9-11H,3-8H2,1-2H3. The van der Waals surface area contributed by atoms with E-state index in [4.69, 9.17) is 0 Å². The van der Waals surface area contributed by atoms with Crippen LogP contribution in [0.15, 0.2) is 0 Å².